The van der Waals surface area contributed by atoms with Gasteiger partial charge in [0.05, 0.1) is 6.04 Å². The molecule has 2 fully saturated rings. The summed E-state index contributed by atoms with van der Waals surface area (Å²) in [5.74, 6) is 0.330. The number of carbonyl (C=O) groups is 1. The maximum Gasteiger partial charge on any atom is 0.239 e. The van der Waals surface area contributed by atoms with Crippen LogP contribution in [0.25, 0.3) is 0 Å². The molecule has 0 aromatic heterocycles. The monoisotopic (exact) mass is 258 g/mol. The lowest BCUT2D eigenvalue weighted by Gasteiger charge is -2.27. The maximum absolute atomic E-state index is 12.5. The molecule has 1 amide bonds. The second kappa shape index (κ2) is 5.74. The normalized spacial score (nSPS) is 26.8. The van der Waals surface area contributed by atoms with Gasteiger partial charge in [0.1, 0.15) is 0 Å². The average Bonchev–Trinajstić information content (AvgIpc) is 3.10. The van der Waals surface area contributed by atoms with Crippen molar-refractivity contribution in [2.24, 2.45) is 0 Å². The highest BCUT2D eigenvalue weighted by molar-refractivity contribution is 5.82. The average molecular weight is 258 g/mol. The maximum atomic E-state index is 12.5. The highest BCUT2D eigenvalue weighted by atomic mass is 16.2. The molecule has 19 heavy (non-hydrogen) atoms. The van der Waals surface area contributed by atoms with Crippen LogP contribution in [0.5, 0.6) is 0 Å². The number of nitrogens with one attached hydrogen (secondary N) is 1. The van der Waals surface area contributed by atoms with E-state index in [9.17, 15) is 4.79 Å². The summed E-state index contributed by atoms with van der Waals surface area (Å²) < 4.78 is 0. The summed E-state index contributed by atoms with van der Waals surface area (Å²) in [5, 5.41) is 3.33. The minimum atomic E-state index is 0.0800. The van der Waals surface area contributed by atoms with E-state index in [1.807, 2.05) is 6.07 Å². The number of likely N-dealkylation sites (tertiary alicyclic amines) is 1. The molecule has 1 N–H and O–H groups in total. The van der Waals surface area contributed by atoms with Crippen molar-refractivity contribution in [2.75, 3.05) is 13.1 Å². The van der Waals surface area contributed by atoms with Crippen LogP contribution in [0.3, 0.4) is 0 Å². The molecule has 3 heteroatoms. The zero-order valence-electron chi connectivity index (χ0n) is 11.3. The Bertz CT molecular complexity index is 426. The Balaban J connectivity index is 1.66. The molecule has 2 aliphatic rings. The number of amides is 1. The third kappa shape index (κ3) is 2.81. The number of rotatable bonds is 3. The van der Waals surface area contributed by atoms with E-state index < -0.39 is 0 Å². The Hall–Kier alpha value is -1.35. The summed E-state index contributed by atoms with van der Waals surface area (Å²) in [6.07, 6.45) is 5.43. The van der Waals surface area contributed by atoms with Gasteiger partial charge in [-0.15, -0.1) is 0 Å². The van der Waals surface area contributed by atoms with E-state index >= 15 is 0 Å². The van der Waals surface area contributed by atoms with E-state index in [1.165, 1.54) is 5.56 Å². The largest absolute Gasteiger partial charge is 0.338 e. The molecule has 102 valence electrons. The van der Waals surface area contributed by atoms with E-state index in [0.29, 0.717) is 11.9 Å². The summed E-state index contributed by atoms with van der Waals surface area (Å²) in [6.45, 7) is 1.93. The number of hydrogen-bond acceptors (Lipinski definition) is 2. The predicted molar refractivity (Wildman–Crippen MR) is 75.9 cm³/mol. The molecule has 0 radical (unpaired) electrons. The highest BCUT2D eigenvalue weighted by Gasteiger charge is 2.33. The van der Waals surface area contributed by atoms with Crippen molar-refractivity contribution in [3.8, 4) is 0 Å². The van der Waals surface area contributed by atoms with Gasteiger partial charge < -0.3 is 10.2 Å². The summed E-state index contributed by atoms with van der Waals surface area (Å²) in [7, 11) is 0. The van der Waals surface area contributed by atoms with Gasteiger partial charge in [-0.2, -0.15) is 0 Å². The van der Waals surface area contributed by atoms with Crippen LogP contribution in [-0.2, 0) is 11.2 Å². The second-order valence-electron chi connectivity index (χ2n) is 5.67. The number of benzene rings is 1. The molecule has 2 aliphatic heterocycles. The van der Waals surface area contributed by atoms with Gasteiger partial charge in [0.25, 0.3) is 0 Å². The number of hydrogen-bond donors (Lipinski definition) is 1. The van der Waals surface area contributed by atoms with E-state index in [4.69, 9.17) is 0 Å². The van der Waals surface area contributed by atoms with E-state index in [1.54, 1.807) is 0 Å². The first-order valence-corrected chi connectivity index (χ1v) is 7.42. The fourth-order valence-electron chi connectivity index (χ4n) is 3.32. The molecule has 0 spiro atoms. The minimum Gasteiger partial charge on any atom is -0.338 e. The van der Waals surface area contributed by atoms with Gasteiger partial charge in [0, 0.05) is 12.6 Å². The number of nitrogens with zero attached hydrogens (tertiary/aromatic N) is 1. The number of carbonyl (C=O) groups excluding carboxylic acids is 1. The molecule has 2 saturated heterocycles. The third-order valence-electron chi connectivity index (χ3n) is 4.33. The summed E-state index contributed by atoms with van der Waals surface area (Å²) in [4.78, 5) is 14.6. The van der Waals surface area contributed by atoms with Crippen LogP contribution >= 0.6 is 0 Å². The molecular formula is C16H22N2O. The first-order chi connectivity index (χ1) is 9.34. The molecule has 3 nitrogen and oxygen atoms in total. The van der Waals surface area contributed by atoms with E-state index in [0.717, 1.165) is 45.2 Å². The van der Waals surface area contributed by atoms with Crippen LogP contribution in [0, 0.1) is 0 Å². The lowest BCUT2D eigenvalue weighted by molar-refractivity contribution is -0.133. The van der Waals surface area contributed by atoms with Gasteiger partial charge in [-0.25, -0.2) is 0 Å². The van der Waals surface area contributed by atoms with Gasteiger partial charge in [-0.05, 0) is 44.2 Å². The summed E-state index contributed by atoms with van der Waals surface area (Å²) >= 11 is 0. The molecule has 1 unspecified atom stereocenters. The molecule has 2 atom stereocenters. The van der Waals surface area contributed by atoms with Crippen LogP contribution in [0.2, 0.25) is 0 Å². The van der Waals surface area contributed by atoms with Gasteiger partial charge in [0.2, 0.25) is 5.91 Å². The molecule has 1 aromatic rings. The Labute approximate surface area is 115 Å². The van der Waals surface area contributed by atoms with Crippen LogP contribution in [0.4, 0.5) is 0 Å². The summed E-state index contributed by atoms with van der Waals surface area (Å²) in [6, 6.07) is 11.0. The molecule has 3 rings (SSSR count). The molecule has 0 saturated carbocycles. The van der Waals surface area contributed by atoms with Crippen molar-refractivity contribution in [2.45, 2.75) is 44.2 Å². The lowest BCUT2D eigenvalue weighted by Crippen LogP contribution is -2.46. The SMILES string of the molecule is O=C([C@H]1CCCN1)N1CCCC1Cc1ccccc1. The standard InChI is InChI=1S/C16H22N2O/c19-16(15-9-4-10-17-15)18-11-5-8-14(18)12-13-6-2-1-3-7-13/h1-3,6-7,14-15,17H,4-5,8-12H2/t14?,15-/m1/s1. The van der Waals surface area contributed by atoms with Gasteiger partial charge >= 0.3 is 0 Å². The van der Waals surface area contributed by atoms with Crippen LogP contribution in [0.15, 0.2) is 30.3 Å². The molecule has 0 bridgehead atoms. The quantitative estimate of drug-likeness (QED) is 0.899. The van der Waals surface area contributed by atoms with Crippen molar-refractivity contribution >= 4 is 5.91 Å². The van der Waals surface area contributed by atoms with Crippen LogP contribution in [0.1, 0.15) is 31.2 Å². The third-order valence-corrected chi connectivity index (χ3v) is 4.33. The first-order valence-electron chi connectivity index (χ1n) is 7.42. The smallest absolute Gasteiger partial charge is 0.239 e. The van der Waals surface area contributed by atoms with Crippen LogP contribution in [-0.4, -0.2) is 36.0 Å². The summed E-state index contributed by atoms with van der Waals surface area (Å²) in [5.41, 5.74) is 1.34. The lowest BCUT2D eigenvalue weighted by atomic mass is 10.0. The molecule has 2 heterocycles. The zero-order chi connectivity index (χ0) is 13.1. The van der Waals surface area contributed by atoms with Crippen molar-refractivity contribution in [1.29, 1.82) is 0 Å². The van der Waals surface area contributed by atoms with Crippen molar-refractivity contribution in [1.82, 2.24) is 10.2 Å². The Morgan fingerprint density at radius 1 is 1.21 bits per heavy atom. The molecule has 0 aliphatic carbocycles. The zero-order valence-corrected chi connectivity index (χ0v) is 11.3. The first kappa shape index (κ1) is 12.7. The fraction of sp³-hybridized carbons (Fsp3) is 0.562. The van der Waals surface area contributed by atoms with Gasteiger partial charge in [0.15, 0.2) is 0 Å². The highest BCUT2D eigenvalue weighted by Crippen LogP contribution is 2.23. The van der Waals surface area contributed by atoms with Crippen molar-refractivity contribution in [3.63, 3.8) is 0 Å². The molecule has 1 aromatic carbocycles. The Morgan fingerprint density at radius 3 is 2.79 bits per heavy atom. The van der Waals surface area contributed by atoms with Crippen molar-refractivity contribution in [3.05, 3.63) is 35.9 Å². The predicted octanol–water partition coefficient (Wildman–Crippen LogP) is 1.97. The fourth-order valence-corrected chi connectivity index (χ4v) is 3.32. The topological polar surface area (TPSA) is 32.3 Å². The Morgan fingerprint density at radius 2 is 2.05 bits per heavy atom. The van der Waals surface area contributed by atoms with Gasteiger partial charge in [-0.1, -0.05) is 30.3 Å². The van der Waals surface area contributed by atoms with Crippen molar-refractivity contribution < 1.29 is 4.79 Å². The second-order valence-corrected chi connectivity index (χ2v) is 5.67. The van der Waals surface area contributed by atoms with E-state index in [2.05, 4.69) is 34.5 Å². The Kier molecular flexibility index (Phi) is 3.83. The minimum absolute atomic E-state index is 0.0800. The molecular weight excluding hydrogens is 236 g/mol. The van der Waals surface area contributed by atoms with E-state index in [-0.39, 0.29) is 6.04 Å². The van der Waals surface area contributed by atoms with Gasteiger partial charge in [-0.3, -0.25) is 4.79 Å². The van der Waals surface area contributed by atoms with Crippen LogP contribution < -0.4 is 5.32 Å².